The van der Waals surface area contributed by atoms with Crippen molar-refractivity contribution in [3.63, 3.8) is 0 Å². The van der Waals surface area contributed by atoms with Crippen LogP contribution < -0.4 is 14.8 Å². The number of nitrogens with zero attached hydrogens (tertiary/aromatic N) is 4. The normalized spacial score (nSPS) is 15.0. The first-order valence-electron chi connectivity index (χ1n) is 10.4. The van der Waals surface area contributed by atoms with Gasteiger partial charge < -0.3 is 19.7 Å². The van der Waals surface area contributed by atoms with Gasteiger partial charge in [0.05, 0.1) is 7.11 Å². The number of aromatic nitrogens is 2. The number of carbonyl (C=O) groups excluding carboxylic acids is 1. The van der Waals surface area contributed by atoms with Gasteiger partial charge in [0.1, 0.15) is 18.2 Å². The Balaban J connectivity index is 1.37. The van der Waals surface area contributed by atoms with Crippen molar-refractivity contribution in [2.45, 2.75) is 0 Å². The Morgan fingerprint density at radius 1 is 1.00 bits per heavy atom. The van der Waals surface area contributed by atoms with Crippen LogP contribution in [0.5, 0.6) is 11.6 Å². The standard InChI is InChI=1S/C23H27N5O3/c1-27-11-13-28(14-12-27)15-16-31-21-10-6-17-5-9-20(24-22(17)26-21)25-23(29)18-3-7-19(30-2)8-4-18/h3-10H,11-16H2,1-2H3,(H,24,25,26,29). The third kappa shape index (κ3) is 5.48. The van der Waals surface area contributed by atoms with Gasteiger partial charge in [0, 0.05) is 49.7 Å². The van der Waals surface area contributed by atoms with Gasteiger partial charge in [-0.15, -0.1) is 0 Å². The SMILES string of the molecule is COc1ccc(C(=O)Nc2ccc3ccc(OCCN4CCN(C)CC4)nc3n2)cc1. The van der Waals surface area contributed by atoms with Gasteiger partial charge in [-0.2, -0.15) is 4.98 Å². The second kappa shape index (κ2) is 9.72. The highest BCUT2D eigenvalue weighted by Crippen LogP contribution is 2.18. The fraction of sp³-hybridized carbons (Fsp3) is 0.348. The van der Waals surface area contributed by atoms with Crippen molar-refractivity contribution < 1.29 is 14.3 Å². The number of hydrogen-bond acceptors (Lipinski definition) is 7. The molecule has 8 heteroatoms. The molecule has 0 saturated carbocycles. The Hall–Kier alpha value is -3.23. The number of anilines is 1. The molecule has 1 aliphatic rings. The molecule has 4 rings (SSSR count). The quantitative estimate of drug-likeness (QED) is 0.628. The molecule has 0 spiro atoms. The molecule has 1 fully saturated rings. The van der Waals surface area contributed by atoms with Crippen molar-refractivity contribution in [1.29, 1.82) is 0 Å². The molecular formula is C23H27N5O3. The van der Waals surface area contributed by atoms with Gasteiger partial charge in [-0.05, 0) is 49.5 Å². The van der Waals surface area contributed by atoms with Gasteiger partial charge in [-0.25, -0.2) is 4.98 Å². The van der Waals surface area contributed by atoms with Gasteiger partial charge in [0.15, 0.2) is 5.65 Å². The number of benzene rings is 1. The summed E-state index contributed by atoms with van der Waals surface area (Å²) < 4.78 is 11.0. The molecule has 1 aromatic carbocycles. The Kier molecular flexibility index (Phi) is 6.59. The number of rotatable bonds is 7. The first-order valence-corrected chi connectivity index (χ1v) is 10.4. The zero-order valence-corrected chi connectivity index (χ0v) is 17.9. The molecular weight excluding hydrogens is 394 g/mol. The number of piperazine rings is 1. The molecule has 1 amide bonds. The maximum atomic E-state index is 12.5. The molecule has 0 radical (unpaired) electrons. The third-order valence-electron chi connectivity index (χ3n) is 5.37. The predicted molar refractivity (Wildman–Crippen MR) is 120 cm³/mol. The van der Waals surface area contributed by atoms with E-state index in [0.29, 0.717) is 35.3 Å². The molecule has 1 saturated heterocycles. The van der Waals surface area contributed by atoms with Crippen LogP contribution in [0.3, 0.4) is 0 Å². The summed E-state index contributed by atoms with van der Waals surface area (Å²) in [6.07, 6.45) is 0. The van der Waals surface area contributed by atoms with E-state index in [1.54, 1.807) is 37.4 Å². The number of hydrogen-bond donors (Lipinski definition) is 1. The number of amides is 1. The Morgan fingerprint density at radius 3 is 2.48 bits per heavy atom. The highest BCUT2D eigenvalue weighted by atomic mass is 16.5. The van der Waals surface area contributed by atoms with E-state index >= 15 is 0 Å². The highest BCUT2D eigenvalue weighted by molar-refractivity contribution is 6.04. The molecule has 162 valence electrons. The van der Waals surface area contributed by atoms with Crippen LogP contribution in [0.1, 0.15) is 10.4 Å². The molecule has 3 aromatic rings. The molecule has 0 bridgehead atoms. The average Bonchev–Trinajstić information content (AvgIpc) is 2.80. The Labute approximate surface area is 181 Å². The van der Waals surface area contributed by atoms with Gasteiger partial charge in [-0.1, -0.05) is 0 Å². The molecule has 0 unspecified atom stereocenters. The number of ether oxygens (including phenoxy) is 2. The minimum Gasteiger partial charge on any atom is -0.497 e. The Morgan fingerprint density at radius 2 is 1.74 bits per heavy atom. The minimum absolute atomic E-state index is 0.242. The summed E-state index contributed by atoms with van der Waals surface area (Å²) in [5, 5.41) is 3.70. The van der Waals surface area contributed by atoms with E-state index in [1.807, 2.05) is 18.2 Å². The van der Waals surface area contributed by atoms with Crippen LogP contribution >= 0.6 is 0 Å². The summed E-state index contributed by atoms with van der Waals surface area (Å²) in [4.78, 5) is 26.2. The zero-order chi connectivity index (χ0) is 21.6. The van der Waals surface area contributed by atoms with Gasteiger partial charge in [-0.3, -0.25) is 9.69 Å². The lowest BCUT2D eigenvalue weighted by molar-refractivity contribution is 0.102. The molecule has 0 atom stereocenters. The number of carbonyl (C=O) groups is 1. The van der Waals surface area contributed by atoms with E-state index in [9.17, 15) is 4.79 Å². The van der Waals surface area contributed by atoms with E-state index in [4.69, 9.17) is 9.47 Å². The Bertz CT molecular complexity index is 1030. The fourth-order valence-electron chi connectivity index (χ4n) is 3.41. The second-order valence-corrected chi connectivity index (χ2v) is 7.57. The molecule has 8 nitrogen and oxygen atoms in total. The minimum atomic E-state index is -0.242. The van der Waals surface area contributed by atoms with E-state index in [1.165, 1.54) is 0 Å². The average molecular weight is 422 g/mol. The van der Waals surface area contributed by atoms with Gasteiger partial charge in [0.25, 0.3) is 5.91 Å². The van der Waals surface area contributed by atoms with E-state index in [0.717, 1.165) is 38.1 Å². The lowest BCUT2D eigenvalue weighted by atomic mass is 10.2. The lowest BCUT2D eigenvalue weighted by Gasteiger charge is -2.32. The number of fused-ring (bicyclic) bond motifs is 1. The second-order valence-electron chi connectivity index (χ2n) is 7.57. The number of pyridine rings is 2. The summed E-state index contributed by atoms with van der Waals surface area (Å²) in [6, 6.07) is 14.3. The summed E-state index contributed by atoms with van der Waals surface area (Å²) in [7, 11) is 3.74. The van der Waals surface area contributed by atoms with Crippen LogP contribution in [0, 0.1) is 0 Å². The topological polar surface area (TPSA) is 79.8 Å². The van der Waals surface area contributed by atoms with E-state index in [-0.39, 0.29) is 5.91 Å². The van der Waals surface area contributed by atoms with Crippen molar-refractivity contribution in [3.05, 3.63) is 54.1 Å². The molecule has 1 aliphatic heterocycles. The smallest absolute Gasteiger partial charge is 0.256 e. The first-order chi connectivity index (χ1) is 15.1. The van der Waals surface area contributed by atoms with Crippen LogP contribution in [0.15, 0.2) is 48.5 Å². The van der Waals surface area contributed by atoms with Crippen molar-refractivity contribution in [1.82, 2.24) is 19.8 Å². The van der Waals surface area contributed by atoms with Crippen LogP contribution in [0.2, 0.25) is 0 Å². The van der Waals surface area contributed by atoms with Crippen LogP contribution in [0.25, 0.3) is 11.0 Å². The van der Waals surface area contributed by atoms with E-state index in [2.05, 4.69) is 32.1 Å². The molecule has 1 N–H and O–H groups in total. The largest absolute Gasteiger partial charge is 0.497 e. The fourth-order valence-corrected chi connectivity index (χ4v) is 3.41. The number of likely N-dealkylation sites (N-methyl/N-ethyl adjacent to an activating group) is 1. The first kappa shape index (κ1) is 21.0. The highest BCUT2D eigenvalue weighted by Gasteiger charge is 2.13. The molecule has 3 heterocycles. The monoisotopic (exact) mass is 421 g/mol. The summed E-state index contributed by atoms with van der Waals surface area (Å²) >= 11 is 0. The number of methoxy groups -OCH3 is 1. The van der Waals surface area contributed by atoms with Crippen molar-refractivity contribution in [2.75, 3.05) is 58.8 Å². The molecule has 2 aromatic heterocycles. The summed E-state index contributed by atoms with van der Waals surface area (Å²) in [5.74, 6) is 1.43. The van der Waals surface area contributed by atoms with Crippen molar-refractivity contribution >= 4 is 22.8 Å². The number of nitrogens with one attached hydrogen (secondary N) is 1. The lowest BCUT2D eigenvalue weighted by Crippen LogP contribution is -2.45. The molecule has 0 aliphatic carbocycles. The van der Waals surface area contributed by atoms with Crippen LogP contribution in [0.4, 0.5) is 5.82 Å². The zero-order valence-electron chi connectivity index (χ0n) is 17.9. The maximum absolute atomic E-state index is 12.5. The van der Waals surface area contributed by atoms with Crippen LogP contribution in [-0.4, -0.2) is 79.2 Å². The van der Waals surface area contributed by atoms with Gasteiger partial charge in [0.2, 0.25) is 5.88 Å². The van der Waals surface area contributed by atoms with E-state index < -0.39 is 0 Å². The summed E-state index contributed by atoms with van der Waals surface area (Å²) in [6.45, 7) is 5.75. The third-order valence-corrected chi connectivity index (χ3v) is 5.37. The van der Waals surface area contributed by atoms with Crippen molar-refractivity contribution in [3.8, 4) is 11.6 Å². The molecule has 31 heavy (non-hydrogen) atoms. The van der Waals surface area contributed by atoms with Gasteiger partial charge >= 0.3 is 0 Å². The van der Waals surface area contributed by atoms with Crippen molar-refractivity contribution in [2.24, 2.45) is 0 Å². The predicted octanol–water partition coefficient (Wildman–Crippen LogP) is 2.52. The summed E-state index contributed by atoms with van der Waals surface area (Å²) in [5.41, 5.74) is 1.06. The maximum Gasteiger partial charge on any atom is 0.256 e. The van der Waals surface area contributed by atoms with Crippen LogP contribution in [-0.2, 0) is 0 Å².